The third kappa shape index (κ3) is 2.18. The predicted octanol–water partition coefficient (Wildman–Crippen LogP) is 2.02. The van der Waals surface area contributed by atoms with Crippen molar-refractivity contribution in [3.8, 4) is 0 Å². The summed E-state index contributed by atoms with van der Waals surface area (Å²) in [5, 5.41) is 9.91. The van der Waals surface area contributed by atoms with Gasteiger partial charge in [0, 0.05) is 0 Å². The molecule has 0 saturated carbocycles. The van der Waals surface area contributed by atoms with Gasteiger partial charge in [0.25, 0.3) is 0 Å². The minimum atomic E-state index is -0.303. The number of aliphatic hydroxyl groups is 1. The van der Waals surface area contributed by atoms with Crippen molar-refractivity contribution in [2.45, 2.75) is 52.4 Å². The van der Waals surface area contributed by atoms with Gasteiger partial charge in [-0.25, -0.2) is 0 Å². The highest BCUT2D eigenvalue weighted by Crippen LogP contribution is 2.31. The van der Waals surface area contributed by atoms with E-state index in [-0.39, 0.29) is 18.3 Å². The smallest absolute Gasteiger partial charge is 0.124 e. The van der Waals surface area contributed by atoms with E-state index in [0.717, 1.165) is 6.42 Å². The van der Waals surface area contributed by atoms with Gasteiger partial charge < -0.3 is 9.84 Å². The fraction of sp³-hybridized carbons (Fsp3) is 0.909. The van der Waals surface area contributed by atoms with Gasteiger partial charge in [-0.1, -0.05) is 13.8 Å². The van der Waals surface area contributed by atoms with Gasteiger partial charge in [0.1, 0.15) is 12.5 Å². The fourth-order valence-corrected chi connectivity index (χ4v) is 1.98. The quantitative estimate of drug-likeness (QED) is 0.667. The zero-order chi connectivity index (χ0) is 10.0. The van der Waals surface area contributed by atoms with Crippen molar-refractivity contribution in [1.82, 2.24) is 0 Å². The molecule has 1 aliphatic rings. The van der Waals surface area contributed by atoms with E-state index in [9.17, 15) is 5.11 Å². The standard InChI is InChI=1S/C11H21O2/c1-5-6-10-11(12)8(3)7(2)9(4)13-10/h5,7-12H,6H2,1-4H3/q+1. The molecule has 76 valence electrons. The first-order valence-corrected chi connectivity index (χ1v) is 5.19. The zero-order valence-electron chi connectivity index (χ0n) is 9.03. The van der Waals surface area contributed by atoms with Gasteiger partial charge in [-0.2, -0.15) is 0 Å². The molecule has 2 nitrogen and oxygen atoms in total. The maximum absolute atomic E-state index is 9.91. The Morgan fingerprint density at radius 1 is 1.23 bits per heavy atom. The van der Waals surface area contributed by atoms with Crippen LogP contribution in [0.4, 0.5) is 0 Å². The highest BCUT2D eigenvalue weighted by Gasteiger charge is 2.39. The normalized spacial score (nSPS) is 46.1. The third-order valence-corrected chi connectivity index (χ3v) is 3.35. The van der Waals surface area contributed by atoms with Gasteiger partial charge in [-0.15, -0.1) is 0 Å². The molecule has 0 radical (unpaired) electrons. The molecule has 0 bridgehead atoms. The van der Waals surface area contributed by atoms with Crippen molar-refractivity contribution in [1.29, 1.82) is 0 Å². The van der Waals surface area contributed by atoms with E-state index in [1.807, 2.05) is 6.92 Å². The second-order valence-electron chi connectivity index (χ2n) is 4.23. The number of hydrogen-bond acceptors (Lipinski definition) is 2. The summed E-state index contributed by atoms with van der Waals surface area (Å²) < 4.78 is 5.74. The molecule has 13 heavy (non-hydrogen) atoms. The van der Waals surface area contributed by atoms with Crippen LogP contribution in [0.15, 0.2) is 0 Å². The SMILES string of the molecule is C[CH+]CC1OC(C)C(C)C(C)C1O. The van der Waals surface area contributed by atoms with Crippen molar-refractivity contribution < 1.29 is 9.84 Å². The Hall–Kier alpha value is -0.210. The summed E-state index contributed by atoms with van der Waals surface area (Å²) >= 11 is 0. The molecule has 1 heterocycles. The Balaban J connectivity index is 2.59. The van der Waals surface area contributed by atoms with Crippen LogP contribution in [0, 0.1) is 18.3 Å². The van der Waals surface area contributed by atoms with Gasteiger partial charge in [0.2, 0.25) is 0 Å². The van der Waals surface area contributed by atoms with Crippen LogP contribution in [0.2, 0.25) is 0 Å². The van der Waals surface area contributed by atoms with Crippen LogP contribution in [0.5, 0.6) is 0 Å². The molecule has 0 aromatic carbocycles. The minimum Gasteiger partial charge on any atom is -0.390 e. The van der Waals surface area contributed by atoms with Gasteiger partial charge in [0.05, 0.1) is 25.6 Å². The Kier molecular flexibility index (Phi) is 3.63. The van der Waals surface area contributed by atoms with Crippen LogP contribution in [0.3, 0.4) is 0 Å². The van der Waals surface area contributed by atoms with Gasteiger partial charge in [-0.05, 0) is 18.8 Å². The summed E-state index contributed by atoms with van der Waals surface area (Å²) in [5.41, 5.74) is 0. The molecular weight excluding hydrogens is 164 g/mol. The molecule has 0 aromatic rings. The Labute approximate surface area is 81.3 Å². The van der Waals surface area contributed by atoms with E-state index < -0.39 is 0 Å². The summed E-state index contributed by atoms with van der Waals surface area (Å²) in [7, 11) is 0. The highest BCUT2D eigenvalue weighted by molar-refractivity contribution is 4.87. The van der Waals surface area contributed by atoms with Crippen LogP contribution < -0.4 is 0 Å². The lowest BCUT2D eigenvalue weighted by Gasteiger charge is -2.40. The topological polar surface area (TPSA) is 29.5 Å². The molecule has 1 saturated heterocycles. The summed E-state index contributed by atoms with van der Waals surface area (Å²) in [5.74, 6) is 0.789. The van der Waals surface area contributed by atoms with Crippen molar-refractivity contribution in [3.63, 3.8) is 0 Å². The summed E-state index contributed by atoms with van der Waals surface area (Å²) in [6, 6.07) is 0. The molecule has 5 unspecified atom stereocenters. The lowest BCUT2D eigenvalue weighted by molar-refractivity contribution is -0.161. The largest absolute Gasteiger partial charge is 0.390 e. The molecule has 0 amide bonds. The van der Waals surface area contributed by atoms with Gasteiger partial charge in [-0.3, -0.25) is 0 Å². The number of hydrogen-bond donors (Lipinski definition) is 1. The van der Waals surface area contributed by atoms with Crippen molar-refractivity contribution in [3.05, 3.63) is 6.42 Å². The van der Waals surface area contributed by atoms with Crippen molar-refractivity contribution in [2.24, 2.45) is 11.8 Å². The highest BCUT2D eigenvalue weighted by atomic mass is 16.5. The van der Waals surface area contributed by atoms with E-state index in [2.05, 4.69) is 27.2 Å². The number of ether oxygens (including phenoxy) is 1. The first kappa shape index (κ1) is 10.9. The van der Waals surface area contributed by atoms with Crippen LogP contribution in [0.1, 0.15) is 34.1 Å². The molecule has 0 aromatic heterocycles. The Morgan fingerprint density at radius 3 is 2.38 bits per heavy atom. The summed E-state index contributed by atoms with van der Waals surface area (Å²) in [6.07, 6.45) is 2.88. The van der Waals surface area contributed by atoms with Gasteiger partial charge in [0.15, 0.2) is 0 Å². The average molecular weight is 185 g/mol. The number of rotatable bonds is 2. The second-order valence-corrected chi connectivity index (χ2v) is 4.23. The number of aliphatic hydroxyl groups excluding tert-OH is 1. The van der Waals surface area contributed by atoms with E-state index in [1.54, 1.807) is 0 Å². The molecule has 5 atom stereocenters. The molecule has 0 aliphatic carbocycles. The van der Waals surface area contributed by atoms with Crippen molar-refractivity contribution in [2.75, 3.05) is 0 Å². The fourth-order valence-electron chi connectivity index (χ4n) is 1.98. The maximum atomic E-state index is 9.91. The minimum absolute atomic E-state index is 0.00574. The molecule has 1 aliphatic heterocycles. The zero-order valence-corrected chi connectivity index (χ0v) is 9.03. The van der Waals surface area contributed by atoms with Crippen LogP contribution in [-0.4, -0.2) is 23.4 Å². The van der Waals surface area contributed by atoms with Gasteiger partial charge >= 0.3 is 0 Å². The van der Waals surface area contributed by atoms with Crippen LogP contribution in [-0.2, 0) is 4.74 Å². The van der Waals surface area contributed by atoms with E-state index in [4.69, 9.17) is 4.74 Å². The van der Waals surface area contributed by atoms with Crippen molar-refractivity contribution >= 4 is 0 Å². The average Bonchev–Trinajstić information content (AvgIpc) is 2.11. The molecule has 2 heteroatoms. The lowest BCUT2D eigenvalue weighted by Crippen LogP contribution is -2.48. The monoisotopic (exact) mass is 185 g/mol. The lowest BCUT2D eigenvalue weighted by atomic mass is 9.81. The third-order valence-electron chi connectivity index (χ3n) is 3.35. The van der Waals surface area contributed by atoms with E-state index >= 15 is 0 Å². The Morgan fingerprint density at radius 2 is 1.85 bits per heavy atom. The first-order valence-electron chi connectivity index (χ1n) is 5.19. The van der Waals surface area contributed by atoms with Crippen LogP contribution in [0.25, 0.3) is 0 Å². The molecule has 1 N–H and O–H groups in total. The van der Waals surface area contributed by atoms with Crippen LogP contribution >= 0.6 is 0 Å². The summed E-state index contributed by atoms with van der Waals surface area (Å²) in [4.78, 5) is 0. The molecule has 0 spiro atoms. The Bertz CT molecular complexity index is 158. The van der Waals surface area contributed by atoms with E-state index in [0.29, 0.717) is 11.8 Å². The molecule has 1 rings (SSSR count). The maximum Gasteiger partial charge on any atom is 0.124 e. The molecule has 1 fully saturated rings. The predicted molar refractivity (Wildman–Crippen MR) is 53.3 cm³/mol. The first-order chi connectivity index (χ1) is 6.07. The second kappa shape index (κ2) is 4.34. The summed E-state index contributed by atoms with van der Waals surface area (Å²) in [6.45, 7) is 8.35. The molecular formula is C11H21O2+. The van der Waals surface area contributed by atoms with E-state index in [1.165, 1.54) is 0 Å².